The second kappa shape index (κ2) is 7.00. The van der Waals surface area contributed by atoms with Crippen LogP contribution in [-0.2, 0) is 0 Å². The number of nitrogens with two attached hydrogens (primary N) is 1. The number of halogens is 1. The van der Waals surface area contributed by atoms with E-state index in [0.29, 0.717) is 23.3 Å². The summed E-state index contributed by atoms with van der Waals surface area (Å²) in [6, 6.07) is 7.46. The Balaban J connectivity index is 2.53. The molecule has 1 aromatic carbocycles. The quantitative estimate of drug-likeness (QED) is 0.815. The molecule has 1 unspecified atom stereocenters. The molecule has 2 aromatic rings. The Morgan fingerprint density at radius 2 is 1.81 bits per heavy atom. The number of nitrogens with zero attached hydrogens (tertiary/aromatic N) is 2. The summed E-state index contributed by atoms with van der Waals surface area (Å²) in [7, 11) is 3.13. The molecular weight excluding hydrogens is 354 g/mol. The first-order valence-corrected chi connectivity index (χ1v) is 8.22. The van der Waals surface area contributed by atoms with Gasteiger partial charge in [0.15, 0.2) is 5.82 Å². The van der Waals surface area contributed by atoms with E-state index in [9.17, 15) is 0 Å². The number of ether oxygens (including phenoxy) is 2. The normalized spacial score (nSPS) is 12.0. The molecule has 21 heavy (non-hydrogen) atoms. The minimum Gasteiger partial charge on any atom is -0.481 e. The average molecular weight is 370 g/mol. The molecule has 1 atom stereocenters. The number of rotatable bonds is 5. The van der Waals surface area contributed by atoms with Crippen LogP contribution in [0.25, 0.3) is 0 Å². The zero-order valence-electron chi connectivity index (χ0n) is 12.0. The molecule has 0 aliphatic heterocycles. The summed E-state index contributed by atoms with van der Waals surface area (Å²) in [5.41, 5.74) is 7.79. The Labute approximate surface area is 136 Å². The van der Waals surface area contributed by atoms with Crippen LogP contribution in [0, 0.1) is 0 Å². The largest absolute Gasteiger partial charge is 0.481 e. The smallest absolute Gasteiger partial charge is 0.220 e. The third-order valence-corrected chi connectivity index (χ3v) is 4.58. The number of hydrogen-bond acceptors (Lipinski definition) is 6. The van der Waals surface area contributed by atoms with E-state index in [0.717, 1.165) is 10.0 Å². The van der Waals surface area contributed by atoms with Crippen LogP contribution in [0.1, 0.15) is 16.6 Å². The van der Waals surface area contributed by atoms with Gasteiger partial charge in [-0.2, -0.15) is 9.97 Å². The van der Waals surface area contributed by atoms with Gasteiger partial charge in [0, 0.05) is 4.47 Å². The second-order valence-electron chi connectivity index (χ2n) is 4.17. The number of hydrogen-bond donors (Lipinski definition) is 1. The highest BCUT2D eigenvalue weighted by molar-refractivity contribution is 9.10. The third-order valence-electron chi connectivity index (χ3n) is 2.95. The summed E-state index contributed by atoms with van der Waals surface area (Å²) < 4.78 is 11.3. The topological polar surface area (TPSA) is 70.3 Å². The molecule has 112 valence electrons. The Bertz CT molecular complexity index is 617. The van der Waals surface area contributed by atoms with E-state index in [1.54, 1.807) is 32.0 Å². The van der Waals surface area contributed by atoms with Gasteiger partial charge >= 0.3 is 0 Å². The lowest BCUT2D eigenvalue weighted by Gasteiger charge is -2.17. The van der Waals surface area contributed by atoms with E-state index >= 15 is 0 Å². The number of benzene rings is 1. The van der Waals surface area contributed by atoms with E-state index in [2.05, 4.69) is 25.9 Å². The molecule has 2 rings (SSSR count). The van der Waals surface area contributed by atoms with Gasteiger partial charge in [-0.25, -0.2) is 0 Å². The van der Waals surface area contributed by atoms with Crippen molar-refractivity contribution in [2.45, 2.75) is 5.25 Å². The number of anilines is 1. The number of aromatic nitrogens is 2. The second-order valence-corrected chi connectivity index (χ2v) is 5.97. The van der Waals surface area contributed by atoms with Crippen molar-refractivity contribution in [1.29, 1.82) is 0 Å². The molecule has 0 spiro atoms. The maximum absolute atomic E-state index is 6.16. The zero-order chi connectivity index (χ0) is 15.4. The fourth-order valence-electron chi connectivity index (χ4n) is 1.90. The van der Waals surface area contributed by atoms with Crippen LogP contribution in [0.4, 0.5) is 5.69 Å². The average Bonchev–Trinajstić information content (AvgIpc) is 2.51. The molecule has 1 heterocycles. The summed E-state index contributed by atoms with van der Waals surface area (Å²) in [6.45, 7) is 0. The van der Waals surface area contributed by atoms with Crippen molar-refractivity contribution in [1.82, 2.24) is 9.97 Å². The highest BCUT2D eigenvalue weighted by Gasteiger charge is 2.21. The van der Waals surface area contributed by atoms with E-state index < -0.39 is 0 Å². The van der Waals surface area contributed by atoms with Gasteiger partial charge in [0.1, 0.15) is 0 Å². The Morgan fingerprint density at radius 1 is 1.19 bits per heavy atom. The SMILES string of the molecule is COc1cc(OC)nc(C(SC)c2cccc(Br)c2N)n1. The predicted molar refractivity (Wildman–Crippen MR) is 89.0 cm³/mol. The number of para-hydroxylation sites is 1. The van der Waals surface area contributed by atoms with Crippen LogP contribution in [0.2, 0.25) is 0 Å². The monoisotopic (exact) mass is 369 g/mol. The molecule has 0 bridgehead atoms. The lowest BCUT2D eigenvalue weighted by Crippen LogP contribution is -2.08. The highest BCUT2D eigenvalue weighted by atomic mass is 79.9. The first-order valence-electron chi connectivity index (χ1n) is 6.14. The van der Waals surface area contributed by atoms with Gasteiger partial charge in [0.25, 0.3) is 0 Å². The molecular formula is C14H16BrN3O2S. The van der Waals surface area contributed by atoms with E-state index in [-0.39, 0.29) is 5.25 Å². The molecule has 1 aromatic heterocycles. The summed E-state index contributed by atoms with van der Waals surface area (Å²) in [5.74, 6) is 1.53. The number of methoxy groups -OCH3 is 2. The summed E-state index contributed by atoms with van der Waals surface area (Å²) in [5, 5.41) is -0.105. The number of thioether (sulfide) groups is 1. The molecule has 5 nitrogen and oxygen atoms in total. The molecule has 0 radical (unpaired) electrons. The molecule has 0 saturated heterocycles. The van der Waals surface area contributed by atoms with Crippen molar-refractivity contribution in [2.75, 3.05) is 26.2 Å². The van der Waals surface area contributed by atoms with Crippen LogP contribution in [-0.4, -0.2) is 30.4 Å². The first kappa shape index (κ1) is 15.9. The van der Waals surface area contributed by atoms with Gasteiger partial charge in [-0.15, -0.1) is 11.8 Å². The fraction of sp³-hybridized carbons (Fsp3) is 0.286. The molecule has 2 N–H and O–H groups in total. The third kappa shape index (κ3) is 3.41. The van der Waals surface area contributed by atoms with Crippen molar-refractivity contribution in [2.24, 2.45) is 0 Å². The van der Waals surface area contributed by atoms with Gasteiger partial charge in [-0.05, 0) is 33.8 Å². The van der Waals surface area contributed by atoms with Crippen LogP contribution in [0.15, 0.2) is 28.7 Å². The standard InChI is InChI=1S/C14H16BrN3O2S/c1-19-10-7-11(20-2)18-14(17-10)13(21-3)8-5-4-6-9(15)12(8)16/h4-7,13H,16H2,1-3H3. The predicted octanol–water partition coefficient (Wildman–Crippen LogP) is 3.29. The van der Waals surface area contributed by atoms with E-state index in [4.69, 9.17) is 15.2 Å². The molecule has 0 aliphatic carbocycles. The van der Waals surface area contributed by atoms with Crippen LogP contribution >= 0.6 is 27.7 Å². The lowest BCUT2D eigenvalue weighted by atomic mass is 10.1. The minimum absolute atomic E-state index is 0.105. The molecule has 0 aliphatic rings. The Kier molecular flexibility index (Phi) is 5.30. The molecule has 0 amide bonds. The minimum atomic E-state index is -0.105. The fourth-order valence-corrected chi connectivity index (χ4v) is 3.06. The number of nitrogen functional groups attached to an aromatic ring is 1. The lowest BCUT2D eigenvalue weighted by molar-refractivity contribution is 0.368. The van der Waals surface area contributed by atoms with Gasteiger partial charge in [-0.3, -0.25) is 0 Å². The van der Waals surface area contributed by atoms with Gasteiger partial charge in [0.2, 0.25) is 11.8 Å². The van der Waals surface area contributed by atoms with Gasteiger partial charge < -0.3 is 15.2 Å². The Hall–Kier alpha value is -1.47. The van der Waals surface area contributed by atoms with Crippen molar-refractivity contribution >= 4 is 33.4 Å². The Morgan fingerprint density at radius 3 is 2.33 bits per heavy atom. The summed E-state index contributed by atoms with van der Waals surface area (Å²) in [6.07, 6.45) is 1.99. The summed E-state index contributed by atoms with van der Waals surface area (Å²) in [4.78, 5) is 8.83. The van der Waals surface area contributed by atoms with Crippen LogP contribution < -0.4 is 15.2 Å². The van der Waals surface area contributed by atoms with Crippen LogP contribution in [0.3, 0.4) is 0 Å². The summed E-state index contributed by atoms with van der Waals surface area (Å²) >= 11 is 5.05. The highest BCUT2D eigenvalue weighted by Crippen LogP contribution is 2.38. The van der Waals surface area contributed by atoms with Crippen molar-refractivity contribution in [3.63, 3.8) is 0 Å². The van der Waals surface area contributed by atoms with Crippen molar-refractivity contribution < 1.29 is 9.47 Å². The van der Waals surface area contributed by atoms with Gasteiger partial charge in [-0.1, -0.05) is 12.1 Å². The first-order chi connectivity index (χ1) is 10.1. The molecule has 0 fully saturated rings. The van der Waals surface area contributed by atoms with E-state index in [1.807, 2.05) is 24.5 Å². The maximum atomic E-state index is 6.16. The van der Waals surface area contributed by atoms with Crippen molar-refractivity contribution in [3.05, 3.63) is 40.1 Å². The zero-order valence-corrected chi connectivity index (χ0v) is 14.4. The molecule has 7 heteroatoms. The van der Waals surface area contributed by atoms with E-state index in [1.165, 1.54) is 0 Å². The molecule has 0 saturated carbocycles. The maximum Gasteiger partial charge on any atom is 0.220 e. The van der Waals surface area contributed by atoms with Crippen molar-refractivity contribution in [3.8, 4) is 11.8 Å². The van der Waals surface area contributed by atoms with Crippen LogP contribution in [0.5, 0.6) is 11.8 Å². The van der Waals surface area contributed by atoms with Gasteiger partial charge in [0.05, 0.1) is 31.2 Å².